The van der Waals surface area contributed by atoms with Crippen LogP contribution in [0.15, 0.2) is 0 Å². The number of carbonyl (C=O) groups excluding carboxylic acids is 2. The summed E-state index contributed by atoms with van der Waals surface area (Å²) in [6, 6.07) is 0. The summed E-state index contributed by atoms with van der Waals surface area (Å²) in [6.45, 7) is 10.3. The van der Waals surface area contributed by atoms with Crippen LogP contribution in [0.25, 0.3) is 0 Å². The summed E-state index contributed by atoms with van der Waals surface area (Å²) in [5.74, 6) is 0. The molecule has 4 atom stereocenters. The van der Waals surface area contributed by atoms with E-state index in [1.165, 1.54) is 0 Å². The topological polar surface area (TPSA) is 101 Å². The van der Waals surface area contributed by atoms with Gasteiger partial charge in [0, 0.05) is 0 Å². The van der Waals surface area contributed by atoms with Gasteiger partial charge in [-0.2, -0.15) is 0 Å². The molecule has 0 radical (unpaired) electrons. The largest absolute Gasteiger partial charge is 0.509 e. The van der Waals surface area contributed by atoms with Gasteiger partial charge < -0.3 is 28.8 Å². The van der Waals surface area contributed by atoms with Crippen LogP contribution in [-0.2, 0) is 23.7 Å². The Labute approximate surface area is 146 Å². The van der Waals surface area contributed by atoms with Gasteiger partial charge in [-0.25, -0.2) is 14.0 Å². The lowest BCUT2D eigenvalue weighted by molar-refractivity contribution is -0.145. The highest BCUT2D eigenvalue weighted by Crippen LogP contribution is 2.36. The monoisotopic (exact) mass is 366 g/mol. The van der Waals surface area contributed by atoms with Gasteiger partial charge in [-0.1, -0.05) is 0 Å². The summed E-state index contributed by atoms with van der Waals surface area (Å²) in [7, 11) is 0. The lowest BCUT2D eigenvalue weighted by Crippen LogP contribution is -2.46. The fourth-order valence-corrected chi connectivity index (χ4v) is 2.00. The van der Waals surface area contributed by atoms with Crippen LogP contribution in [0.2, 0.25) is 0 Å². The van der Waals surface area contributed by atoms with Gasteiger partial charge >= 0.3 is 12.3 Å². The molecule has 0 aliphatic carbocycles. The SMILES string of the molecule is CC(C)(C)OC(=O)OC[C@H]1O[C@H](O)[C@](C)(F)[C@@H]1OC(=O)OC(C)(C)C. The number of alkyl halides is 1. The Bertz CT molecular complexity index is 491. The maximum Gasteiger partial charge on any atom is 0.509 e. The van der Waals surface area contributed by atoms with E-state index < -0.39 is 54.3 Å². The average molecular weight is 366 g/mol. The lowest BCUT2D eigenvalue weighted by atomic mass is 10.00. The van der Waals surface area contributed by atoms with Crippen molar-refractivity contribution in [1.29, 1.82) is 0 Å². The van der Waals surface area contributed by atoms with E-state index >= 15 is 0 Å². The van der Waals surface area contributed by atoms with Crippen molar-refractivity contribution in [3.8, 4) is 0 Å². The number of ether oxygens (including phenoxy) is 5. The molecule has 146 valence electrons. The van der Waals surface area contributed by atoms with Gasteiger partial charge in [0.2, 0.25) is 0 Å². The predicted molar refractivity (Wildman–Crippen MR) is 83.7 cm³/mol. The van der Waals surface area contributed by atoms with Gasteiger partial charge in [0.15, 0.2) is 18.1 Å². The number of rotatable bonds is 3. The summed E-state index contributed by atoms with van der Waals surface area (Å²) in [5.41, 5.74) is -4.02. The minimum atomic E-state index is -2.40. The number of aliphatic hydroxyl groups excluding tert-OH is 1. The zero-order valence-electron chi connectivity index (χ0n) is 15.6. The molecule has 1 rings (SSSR count). The number of aliphatic hydroxyl groups is 1. The molecule has 0 spiro atoms. The van der Waals surface area contributed by atoms with Gasteiger partial charge in [-0.3, -0.25) is 0 Å². The molecule has 0 unspecified atom stereocenters. The molecular formula is C16H27FO8. The van der Waals surface area contributed by atoms with Crippen molar-refractivity contribution in [3.05, 3.63) is 0 Å². The molecule has 1 saturated heterocycles. The van der Waals surface area contributed by atoms with Gasteiger partial charge in [0.05, 0.1) is 0 Å². The quantitative estimate of drug-likeness (QED) is 0.761. The summed E-state index contributed by atoms with van der Waals surface area (Å²) >= 11 is 0. The van der Waals surface area contributed by atoms with Crippen molar-refractivity contribution >= 4 is 12.3 Å². The number of hydrogen-bond donors (Lipinski definition) is 1. The first-order valence-corrected chi connectivity index (χ1v) is 7.89. The van der Waals surface area contributed by atoms with Crippen molar-refractivity contribution in [2.24, 2.45) is 0 Å². The lowest BCUT2D eigenvalue weighted by Gasteiger charge is -2.27. The van der Waals surface area contributed by atoms with E-state index in [9.17, 15) is 19.1 Å². The van der Waals surface area contributed by atoms with Crippen LogP contribution in [-0.4, -0.2) is 59.4 Å². The van der Waals surface area contributed by atoms with Crippen molar-refractivity contribution in [2.45, 2.75) is 83.8 Å². The smallest absolute Gasteiger partial charge is 0.431 e. The molecule has 0 aromatic carbocycles. The first-order chi connectivity index (χ1) is 11.1. The summed E-state index contributed by atoms with van der Waals surface area (Å²) in [4.78, 5) is 23.4. The van der Waals surface area contributed by atoms with Crippen molar-refractivity contribution in [1.82, 2.24) is 0 Å². The second-order valence-electron chi connectivity index (χ2n) is 7.96. The Balaban J connectivity index is 2.73. The van der Waals surface area contributed by atoms with Crippen molar-refractivity contribution in [3.63, 3.8) is 0 Å². The Morgan fingerprint density at radius 1 is 1.08 bits per heavy atom. The van der Waals surface area contributed by atoms with E-state index in [-0.39, 0.29) is 0 Å². The number of carbonyl (C=O) groups is 2. The Kier molecular flexibility index (Phi) is 6.28. The second kappa shape index (κ2) is 7.33. The number of halogens is 1. The first kappa shape index (κ1) is 21.4. The second-order valence-corrected chi connectivity index (χ2v) is 7.96. The third-order valence-corrected chi connectivity index (χ3v) is 3.05. The fraction of sp³-hybridized carbons (Fsp3) is 0.875. The molecule has 0 saturated carbocycles. The Hall–Kier alpha value is -1.61. The van der Waals surface area contributed by atoms with E-state index in [4.69, 9.17) is 23.7 Å². The molecule has 9 heteroatoms. The molecule has 1 heterocycles. The van der Waals surface area contributed by atoms with E-state index in [1.807, 2.05) is 0 Å². The van der Waals surface area contributed by atoms with Crippen LogP contribution in [0, 0.1) is 0 Å². The summed E-state index contributed by atoms with van der Waals surface area (Å²) in [6.07, 6.45) is -6.72. The Morgan fingerprint density at radius 2 is 1.56 bits per heavy atom. The molecule has 1 fully saturated rings. The van der Waals surface area contributed by atoms with Crippen LogP contribution >= 0.6 is 0 Å². The minimum Gasteiger partial charge on any atom is -0.431 e. The number of hydrogen-bond acceptors (Lipinski definition) is 8. The van der Waals surface area contributed by atoms with Gasteiger partial charge in [0.1, 0.15) is 23.9 Å². The van der Waals surface area contributed by atoms with E-state index in [2.05, 4.69) is 0 Å². The summed E-state index contributed by atoms with van der Waals surface area (Å²) in [5, 5.41) is 9.69. The Morgan fingerprint density at radius 3 is 2.04 bits per heavy atom. The van der Waals surface area contributed by atoms with Crippen LogP contribution in [0.4, 0.5) is 14.0 Å². The molecule has 1 aliphatic rings. The normalized spacial score (nSPS) is 29.9. The van der Waals surface area contributed by atoms with Crippen LogP contribution in [0.1, 0.15) is 48.5 Å². The van der Waals surface area contributed by atoms with Gasteiger partial charge in [-0.05, 0) is 48.5 Å². The van der Waals surface area contributed by atoms with Gasteiger partial charge in [-0.15, -0.1) is 0 Å². The highest BCUT2D eigenvalue weighted by molar-refractivity contribution is 5.61. The van der Waals surface area contributed by atoms with Crippen molar-refractivity contribution < 1.29 is 42.8 Å². The van der Waals surface area contributed by atoms with Crippen LogP contribution in [0.5, 0.6) is 0 Å². The van der Waals surface area contributed by atoms with Crippen LogP contribution < -0.4 is 0 Å². The predicted octanol–water partition coefficient (Wildman–Crippen LogP) is 2.70. The molecule has 0 aromatic heterocycles. The van der Waals surface area contributed by atoms with E-state index in [1.54, 1.807) is 41.5 Å². The fourth-order valence-electron chi connectivity index (χ4n) is 2.00. The molecule has 1 aliphatic heterocycles. The third-order valence-electron chi connectivity index (χ3n) is 3.05. The zero-order valence-corrected chi connectivity index (χ0v) is 15.6. The maximum absolute atomic E-state index is 14.6. The molecule has 0 amide bonds. The third kappa shape index (κ3) is 6.66. The van der Waals surface area contributed by atoms with E-state index in [0.717, 1.165) is 6.92 Å². The maximum atomic E-state index is 14.6. The zero-order chi connectivity index (χ0) is 19.6. The summed E-state index contributed by atoms with van der Waals surface area (Å²) < 4.78 is 39.4. The van der Waals surface area contributed by atoms with E-state index in [0.29, 0.717) is 0 Å². The average Bonchev–Trinajstić information content (AvgIpc) is 2.55. The molecule has 0 aromatic rings. The molecule has 25 heavy (non-hydrogen) atoms. The first-order valence-electron chi connectivity index (χ1n) is 7.89. The minimum absolute atomic E-state index is 0.473. The molecule has 8 nitrogen and oxygen atoms in total. The van der Waals surface area contributed by atoms with Crippen LogP contribution in [0.3, 0.4) is 0 Å². The molecular weight excluding hydrogens is 339 g/mol. The highest BCUT2D eigenvalue weighted by Gasteiger charge is 2.57. The standard InChI is InChI=1S/C16H27FO8/c1-14(2,3)24-12(19)21-8-9-10(16(7,17)11(18)22-9)23-13(20)25-15(4,5)6/h9-11,18H,8H2,1-7H3/t9-,10-,11+,16-/m1/s1. The highest BCUT2D eigenvalue weighted by atomic mass is 19.1. The molecule has 0 bridgehead atoms. The van der Waals surface area contributed by atoms with Gasteiger partial charge in [0.25, 0.3) is 0 Å². The molecule has 1 N–H and O–H groups in total. The van der Waals surface area contributed by atoms with Crippen molar-refractivity contribution in [2.75, 3.05) is 6.61 Å².